The van der Waals surface area contributed by atoms with E-state index in [9.17, 15) is 14.4 Å². The van der Waals surface area contributed by atoms with Crippen LogP contribution in [-0.2, 0) is 29.1 Å². The number of allylic oxidation sites excluding steroid dienone is 1. The molecule has 1 rings (SSSR count). The number of carbonyl (C=O) groups excluding carboxylic acids is 3. The van der Waals surface area contributed by atoms with Crippen LogP contribution in [0, 0.1) is 0 Å². The van der Waals surface area contributed by atoms with Gasteiger partial charge in [0.05, 0.1) is 0 Å². The Morgan fingerprint density at radius 2 is 1.67 bits per heavy atom. The summed E-state index contributed by atoms with van der Waals surface area (Å²) in [5.74, 6) is 0.230. The van der Waals surface area contributed by atoms with E-state index in [0.717, 1.165) is 0 Å². The van der Waals surface area contributed by atoms with Crippen LogP contribution >= 0.6 is 0 Å². The Labute approximate surface area is 99.9 Å². The molecule has 0 saturated heterocycles. The molecule has 0 aliphatic carbocycles. The number of hydrogen-bond donors (Lipinski definition) is 0. The normalized spacial score (nSPS) is 8.33. The molecule has 0 amide bonds. The minimum atomic E-state index is -0.576. The molecule has 0 spiro atoms. The average Bonchev–Trinajstić information content (AvgIpc) is 2.19. The van der Waals surface area contributed by atoms with Crippen LogP contribution in [0.15, 0.2) is 35.9 Å². The minimum absolute atomic E-state index is 0. The zero-order chi connectivity index (χ0) is 10.6. The van der Waals surface area contributed by atoms with Gasteiger partial charge in [0.15, 0.2) is 5.78 Å². The molecule has 4 heteroatoms. The van der Waals surface area contributed by atoms with Crippen molar-refractivity contribution < 1.29 is 33.9 Å². The second kappa shape index (κ2) is 6.18. The summed E-state index contributed by atoms with van der Waals surface area (Å²) in [6.07, 6.45) is 0. The van der Waals surface area contributed by atoms with Crippen molar-refractivity contribution in [1.29, 1.82) is 0 Å². The molecule has 0 aromatic heterocycles. The maximum absolute atomic E-state index is 11.5. The zero-order valence-corrected chi connectivity index (χ0v) is 9.58. The third-order valence-electron chi connectivity index (χ3n) is 1.72. The molecule has 0 heterocycles. The standard InChI is InChI=1S/C11H8O3.Rh/c1-8(13)10(7-12)11(14)9-5-3-2-4-6-9;/h2-6H,1H3;. The van der Waals surface area contributed by atoms with Crippen LogP contribution in [-0.4, -0.2) is 17.5 Å². The molecule has 0 aliphatic rings. The van der Waals surface area contributed by atoms with E-state index in [2.05, 4.69) is 0 Å². The van der Waals surface area contributed by atoms with Gasteiger partial charge in [-0.3, -0.25) is 9.59 Å². The number of rotatable bonds is 3. The molecule has 15 heavy (non-hydrogen) atoms. The van der Waals surface area contributed by atoms with Gasteiger partial charge in [-0.05, 0) is 0 Å². The van der Waals surface area contributed by atoms with Crippen molar-refractivity contribution in [2.24, 2.45) is 0 Å². The Balaban J connectivity index is 0.00000196. The van der Waals surface area contributed by atoms with Crippen LogP contribution in [0.25, 0.3) is 0 Å². The summed E-state index contributed by atoms with van der Waals surface area (Å²) in [4.78, 5) is 32.7. The van der Waals surface area contributed by atoms with Gasteiger partial charge in [-0.2, -0.15) is 0 Å². The molecular formula is C11H8O3Rh. The van der Waals surface area contributed by atoms with E-state index in [4.69, 9.17) is 0 Å². The third-order valence-corrected chi connectivity index (χ3v) is 1.72. The topological polar surface area (TPSA) is 51.2 Å². The largest absolute Gasteiger partial charge is 0.294 e. The second-order valence-electron chi connectivity index (χ2n) is 2.73. The van der Waals surface area contributed by atoms with E-state index in [0.29, 0.717) is 5.56 Å². The first-order valence-corrected chi connectivity index (χ1v) is 4.02. The van der Waals surface area contributed by atoms with Gasteiger partial charge in [0.25, 0.3) is 0 Å². The second-order valence-corrected chi connectivity index (χ2v) is 2.73. The Morgan fingerprint density at radius 3 is 2.07 bits per heavy atom. The Kier molecular flexibility index (Phi) is 5.62. The zero-order valence-electron chi connectivity index (χ0n) is 7.94. The minimum Gasteiger partial charge on any atom is -0.294 e. The average molecular weight is 291 g/mol. The molecule has 1 radical (unpaired) electrons. The molecule has 0 saturated carbocycles. The van der Waals surface area contributed by atoms with Crippen LogP contribution in [0.5, 0.6) is 0 Å². The van der Waals surface area contributed by atoms with Gasteiger partial charge in [0.1, 0.15) is 11.5 Å². The predicted molar refractivity (Wildman–Crippen MR) is 50.7 cm³/mol. The van der Waals surface area contributed by atoms with Gasteiger partial charge in [-0.25, -0.2) is 4.79 Å². The van der Waals surface area contributed by atoms with Gasteiger partial charge in [-0.1, -0.05) is 30.3 Å². The maximum atomic E-state index is 11.5. The van der Waals surface area contributed by atoms with Crippen molar-refractivity contribution in [3.05, 3.63) is 41.5 Å². The Bertz CT molecular complexity index is 417. The molecule has 1 aromatic rings. The maximum Gasteiger partial charge on any atom is 0.207 e. The predicted octanol–water partition coefficient (Wildman–Crippen LogP) is 1.21. The molecular weight excluding hydrogens is 283 g/mol. The number of benzene rings is 1. The summed E-state index contributed by atoms with van der Waals surface area (Å²) < 4.78 is 0. The van der Waals surface area contributed by atoms with Crippen LogP contribution < -0.4 is 0 Å². The number of carbonyl (C=O) groups is 2. The number of Topliss-reactive ketones (excluding diaryl/α,β-unsaturated/α-hetero) is 2. The van der Waals surface area contributed by atoms with E-state index in [-0.39, 0.29) is 19.5 Å². The molecule has 79 valence electrons. The smallest absolute Gasteiger partial charge is 0.207 e. The molecule has 0 unspecified atom stereocenters. The SMILES string of the molecule is CC(=O)C(=C=O)C(=O)c1ccccc1.[Rh]. The van der Waals surface area contributed by atoms with E-state index in [1.165, 1.54) is 12.9 Å². The van der Waals surface area contributed by atoms with Crippen molar-refractivity contribution in [1.82, 2.24) is 0 Å². The monoisotopic (exact) mass is 291 g/mol. The van der Waals surface area contributed by atoms with Crippen LogP contribution in [0.1, 0.15) is 17.3 Å². The van der Waals surface area contributed by atoms with Crippen molar-refractivity contribution in [2.75, 3.05) is 0 Å². The summed E-state index contributed by atoms with van der Waals surface area (Å²) in [5, 5.41) is 0. The third kappa shape index (κ3) is 3.36. The van der Waals surface area contributed by atoms with Crippen molar-refractivity contribution >= 4 is 17.5 Å². The summed E-state index contributed by atoms with van der Waals surface area (Å²) in [6, 6.07) is 8.16. The van der Waals surface area contributed by atoms with Crippen LogP contribution in [0.3, 0.4) is 0 Å². The number of hydrogen-bond acceptors (Lipinski definition) is 3. The summed E-state index contributed by atoms with van der Waals surface area (Å²) in [7, 11) is 0. The van der Waals surface area contributed by atoms with Crippen molar-refractivity contribution in [2.45, 2.75) is 6.92 Å². The van der Waals surface area contributed by atoms with E-state index >= 15 is 0 Å². The molecule has 0 atom stereocenters. The Morgan fingerprint density at radius 1 is 1.13 bits per heavy atom. The molecule has 1 aromatic carbocycles. The summed E-state index contributed by atoms with van der Waals surface area (Å²) in [6.45, 7) is 1.17. The van der Waals surface area contributed by atoms with Gasteiger partial charge in [0.2, 0.25) is 5.78 Å². The fraction of sp³-hybridized carbons (Fsp3) is 0.0909. The van der Waals surface area contributed by atoms with Crippen LogP contribution in [0.4, 0.5) is 0 Å². The van der Waals surface area contributed by atoms with Gasteiger partial charge in [-0.15, -0.1) is 0 Å². The first-order chi connectivity index (χ1) is 6.66. The number of ketones is 2. The van der Waals surface area contributed by atoms with E-state index in [1.807, 2.05) is 0 Å². The summed E-state index contributed by atoms with van der Waals surface area (Å²) in [5.41, 5.74) is -0.114. The quantitative estimate of drug-likeness (QED) is 0.210. The van der Waals surface area contributed by atoms with E-state index < -0.39 is 17.1 Å². The summed E-state index contributed by atoms with van der Waals surface area (Å²) >= 11 is 0. The molecule has 0 fully saturated rings. The fourth-order valence-electron chi connectivity index (χ4n) is 1.01. The first kappa shape index (κ1) is 13.6. The molecule has 0 N–H and O–H groups in total. The van der Waals surface area contributed by atoms with Gasteiger partial charge in [0, 0.05) is 32.0 Å². The van der Waals surface area contributed by atoms with Crippen LogP contribution in [0.2, 0.25) is 0 Å². The van der Waals surface area contributed by atoms with E-state index in [1.54, 1.807) is 30.3 Å². The molecule has 3 nitrogen and oxygen atoms in total. The van der Waals surface area contributed by atoms with Gasteiger partial charge >= 0.3 is 0 Å². The van der Waals surface area contributed by atoms with Gasteiger partial charge < -0.3 is 0 Å². The molecule has 0 aliphatic heterocycles. The van der Waals surface area contributed by atoms with Crippen molar-refractivity contribution in [3.8, 4) is 0 Å². The van der Waals surface area contributed by atoms with Crippen molar-refractivity contribution in [3.63, 3.8) is 0 Å². The fourth-order valence-corrected chi connectivity index (χ4v) is 1.01. The Hall–Kier alpha value is -1.37. The first-order valence-electron chi connectivity index (χ1n) is 4.02. The molecule has 0 bridgehead atoms.